The lowest BCUT2D eigenvalue weighted by Crippen LogP contribution is -2.59. The van der Waals surface area contributed by atoms with Crippen LogP contribution in [0.3, 0.4) is 0 Å². The topological polar surface area (TPSA) is 49.4 Å². The quantitative estimate of drug-likeness (QED) is 0.863. The number of hydrogen-bond acceptors (Lipinski definition) is 3. The number of carbonyl (C=O) groups is 2. The fraction of sp³-hybridized carbons (Fsp3) is 0.385. The molecule has 18 heavy (non-hydrogen) atoms. The Kier molecular flexibility index (Phi) is 3.91. The summed E-state index contributed by atoms with van der Waals surface area (Å²) in [6.07, 6.45) is 0.540. The lowest BCUT2D eigenvalue weighted by Gasteiger charge is -2.38. The van der Waals surface area contributed by atoms with Crippen LogP contribution in [0.15, 0.2) is 24.3 Å². The SMILES string of the molecule is CCS[C@@H]1CC(=O)N1NC(C)=O.c1cc2cc-2c1. The number of thioether (sulfide) groups is 1. The van der Waals surface area contributed by atoms with Gasteiger partial charge in [0.2, 0.25) is 11.8 Å². The number of amides is 2. The highest BCUT2D eigenvalue weighted by molar-refractivity contribution is 7.99. The summed E-state index contributed by atoms with van der Waals surface area (Å²) in [5, 5.41) is 1.54. The van der Waals surface area contributed by atoms with Crippen LogP contribution in [0.2, 0.25) is 0 Å². The summed E-state index contributed by atoms with van der Waals surface area (Å²) in [7, 11) is 0. The van der Waals surface area contributed by atoms with Gasteiger partial charge in [-0.25, -0.2) is 5.01 Å². The molecule has 5 heteroatoms. The lowest BCUT2D eigenvalue weighted by molar-refractivity contribution is -0.151. The minimum atomic E-state index is -0.190. The van der Waals surface area contributed by atoms with E-state index in [0.717, 1.165) is 5.75 Å². The van der Waals surface area contributed by atoms with Crippen LogP contribution < -0.4 is 5.43 Å². The van der Waals surface area contributed by atoms with Crippen molar-refractivity contribution in [1.82, 2.24) is 10.4 Å². The fourth-order valence-electron chi connectivity index (χ4n) is 1.69. The second kappa shape index (κ2) is 5.44. The summed E-state index contributed by atoms with van der Waals surface area (Å²) < 4.78 is 0. The molecule has 1 atom stereocenters. The molecule has 1 N–H and O–H groups in total. The van der Waals surface area contributed by atoms with Crippen molar-refractivity contribution in [3.05, 3.63) is 24.3 Å². The molecule has 1 fully saturated rings. The third kappa shape index (κ3) is 3.04. The van der Waals surface area contributed by atoms with Crippen molar-refractivity contribution in [2.45, 2.75) is 25.6 Å². The Morgan fingerprint density at radius 3 is 2.50 bits per heavy atom. The highest BCUT2D eigenvalue weighted by Crippen LogP contribution is 2.32. The molecule has 2 aliphatic carbocycles. The van der Waals surface area contributed by atoms with E-state index in [9.17, 15) is 9.59 Å². The van der Waals surface area contributed by atoms with Crippen molar-refractivity contribution in [2.24, 2.45) is 0 Å². The number of hydrogen-bond donors (Lipinski definition) is 1. The number of carbonyl (C=O) groups excluding carboxylic acids is 2. The van der Waals surface area contributed by atoms with E-state index in [1.54, 1.807) is 11.8 Å². The molecule has 96 valence electrons. The van der Waals surface area contributed by atoms with Gasteiger partial charge in [-0.15, -0.1) is 11.8 Å². The Morgan fingerprint density at radius 2 is 2.17 bits per heavy atom. The summed E-state index contributed by atoms with van der Waals surface area (Å²) in [5.41, 5.74) is 5.34. The van der Waals surface area contributed by atoms with Gasteiger partial charge in [0.05, 0.1) is 6.42 Å². The van der Waals surface area contributed by atoms with Gasteiger partial charge in [-0.2, -0.15) is 0 Å². The molecule has 1 saturated heterocycles. The molecule has 3 aliphatic rings. The predicted octanol–water partition coefficient (Wildman–Crippen LogP) is 2.02. The summed E-state index contributed by atoms with van der Waals surface area (Å²) >= 11 is 1.66. The molecule has 0 radical (unpaired) electrons. The highest BCUT2D eigenvalue weighted by atomic mass is 32.2. The van der Waals surface area contributed by atoms with E-state index in [1.807, 2.05) is 6.92 Å². The van der Waals surface area contributed by atoms with Gasteiger partial charge in [0.15, 0.2) is 0 Å². The number of β-lactam (4-membered cyclic amide) rings is 1. The number of nitrogens with one attached hydrogen (secondary N) is 1. The van der Waals surface area contributed by atoms with Crippen LogP contribution in [0, 0.1) is 0 Å². The van der Waals surface area contributed by atoms with E-state index in [2.05, 4.69) is 29.7 Å². The van der Waals surface area contributed by atoms with Crippen LogP contribution in [0.4, 0.5) is 0 Å². The largest absolute Gasteiger partial charge is 0.274 e. The zero-order valence-electron chi connectivity index (χ0n) is 10.5. The molecule has 0 bridgehead atoms. The first-order chi connectivity index (χ1) is 8.61. The van der Waals surface area contributed by atoms with Crippen LogP contribution in [0.25, 0.3) is 11.1 Å². The van der Waals surface area contributed by atoms with Gasteiger partial charge in [-0.1, -0.05) is 25.1 Å². The zero-order valence-corrected chi connectivity index (χ0v) is 11.3. The third-order valence-electron chi connectivity index (χ3n) is 2.66. The molecule has 2 amide bonds. The van der Waals surface area contributed by atoms with Gasteiger partial charge in [0.25, 0.3) is 0 Å². The minimum absolute atomic E-state index is 0.00356. The molecule has 0 aromatic heterocycles. The normalized spacial score (nSPS) is 18.4. The van der Waals surface area contributed by atoms with Crippen LogP contribution in [0.5, 0.6) is 0 Å². The number of fused-ring (bicyclic) bond motifs is 1. The molecule has 0 unspecified atom stereocenters. The van der Waals surface area contributed by atoms with Gasteiger partial charge < -0.3 is 0 Å². The third-order valence-corrected chi connectivity index (χ3v) is 3.75. The standard InChI is InChI=1S/C7H12N2O2S.C6H4/c1-3-12-7-4-6(11)9(7)8-5(2)10;1-2-5-4-6(5)3-1/h7H,3-4H2,1-2H3,(H,8,10);1-4H/t7-;/m1./s1. The summed E-state index contributed by atoms with van der Waals surface area (Å²) in [4.78, 5) is 21.6. The van der Waals surface area contributed by atoms with Crippen molar-refractivity contribution >= 4 is 23.6 Å². The lowest BCUT2D eigenvalue weighted by atomic mass is 10.2. The van der Waals surface area contributed by atoms with Gasteiger partial charge in [-0.3, -0.25) is 15.0 Å². The maximum Gasteiger partial charge on any atom is 0.245 e. The monoisotopic (exact) mass is 264 g/mol. The molecule has 4 nitrogen and oxygen atoms in total. The molecule has 0 spiro atoms. The molecule has 1 heterocycles. The molecule has 1 aliphatic heterocycles. The Hall–Kier alpha value is -1.49. The highest BCUT2D eigenvalue weighted by Gasteiger charge is 2.36. The second-order valence-electron chi connectivity index (χ2n) is 4.13. The molecule has 0 aromatic rings. The molecular weight excluding hydrogens is 248 g/mol. The Balaban J connectivity index is 0.000000164. The van der Waals surface area contributed by atoms with E-state index in [0.29, 0.717) is 6.42 Å². The first kappa shape index (κ1) is 13.0. The summed E-state index contributed by atoms with van der Waals surface area (Å²) in [6.45, 7) is 3.43. The van der Waals surface area contributed by atoms with E-state index in [4.69, 9.17) is 0 Å². The number of rotatable bonds is 3. The van der Waals surface area contributed by atoms with Crippen molar-refractivity contribution in [1.29, 1.82) is 0 Å². The van der Waals surface area contributed by atoms with Gasteiger partial charge >= 0.3 is 0 Å². The summed E-state index contributed by atoms with van der Waals surface area (Å²) in [6, 6.07) is 8.48. The van der Waals surface area contributed by atoms with Crippen molar-refractivity contribution in [3.63, 3.8) is 0 Å². The maximum absolute atomic E-state index is 10.9. The minimum Gasteiger partial charge on any atom is -0.274 e. The van der Waals surface area contributed by atoms with Crippen molar-refractivity contribution < 1.29 is 9.59 Å². The Labute approximate surface area is 111 Å². The first-order valence-corrected chi connectivity index (χ1v) is 6.98. The van der Waals surface area contributed by atoms with Crippen molar-refractivity contribution in [2.75, 3.05) is 5.75 Å². The van der Waals surface area contributed by atoms with E-state index >= 15 is 0 Å². The molecular formula is C13H16N2O2S. The average molecular weight is 264 g/mol. The van der Waals surface area contributed by atoms with Gasteiger partial charge in [0.1, 0.15) is 5.37 Å². The number of hydrazine groups is 1. The Bertz CT molecular complexity index is 459. The molecule has 3 rings (SSSR count). The van der Waals surface area contributed by atoms with Crippen molar-refractivity contribution in [3.8, 4) is 11.1 Å². The van der Waals surface area contributed by atoms with Crippen LogP contribution in [-0.2, 0) is 9.59 Å². The van der Waals surface area contributed by atoms with E-state index in [-0.39, 0.29) is 17.2 Å². The fourth-order valence-corrected chi connectivity index (χ4v) is 2.66. The Morgan fingerprint density at radius 1 is 1.50 bits per heavy atom. The predicted molar refractivity (Wildman–Crippen MR) is 72.6 cm³/mol. The maximum atomic E-state index is 10.9. The number of nitrogens with zero attached hydrogens (tertiary/aromatic N) is 1. The van der Waals surface area contributed by atoms with Gasteiger partial charge in [0, 0.05) is 6.92 Å². The van der Waals surface area contributed by atoms with Crippen LogP contribution in [-0.4, -0.2) is 27.9 Å². The van der Waals surface area contributed by atoms with E-state index < -0.39 is 0 Å². The average Bonchev–Trinajstić information content (AvgIpc) is 2.94. The first-order valence-electron chi connectivity index (χ1n) is 5.93. The number of benzene rings is 1. The summed E-state index contributed by atoms with van der Waals surface area (Å²) in [5.74, 6) is 0.759. The second-order valence-corrected chi connectivity index (χ2v) is 5.58. The van der Waals surface area contributed by atoms with Gasteiger partial charge in [-0.05, 0) is 22.9 Å². The zero-order chi connectivity index (χ0) is 13.1. The molecule has 0 saturated carbocycles. The van der Waals surface area contributed by atoms with E-state index in [1.165, 1.54) is 23.1 Å². The van der Waals surface area contributed by atoms with Crippen LogP contribution >= 0.6 is 11.8 Å². The molecule has 0 aromatic carbocycles. The van der Waals surface area contributed by atoms with Crippen LogP contribution in [0.1, 0.15) is 20.3 Å². The smallest absolute Gasteiger partial charge is 0.245 e.